The molecule has 0 atom stereocenters. The van der Waals surface area contributed by atoms with Crippen LogP contribution >= 0.6 is 11.6 Å². The van der Waals surface area contributed by atoms with Gasteiger partial charge in [-0.15, -0.1) is 0 Å². The van der Waals surface area contributed by atoms with Crippen molar-refractivity contribution >= 4 is 27.6 Å². The second-order valence-electron chi connectivity index (χ2n) is 5.54. The highest BCUT2D eigenvalue weighted by Gasteiger charge is 2.10. The van der Waals surface area contributed by atoms with Gasteiger partial charge >= 0.3 is 0 Å². The number of aliphatic imine (C=N–C) groups is 1. The first-order chi connectivity index (χ1) is 11.8. The van der Waals surface area contributed by atoms with E-state index in [4.69, 9.17) is 16.7 Å². The molecule has 25 heavy (non-hydrogen) atoms. The molecule has 2 aromatic carbocycles. The fourth-order valence-electron chi connectivity index (χ4n) is 2.36. The van der Waals surface area contributed by atoms with E-state index in [9.17, 15) is 8.42 Å². The predicted octanol–water partition coefficient (Wildman–Crippen LogP) is 2.19. The van der Waals surface area contributed by atoms with Crippen molar-refractivity contribution in [3.63, 3.8) is 0 Å². The molecule has 0 aromatic heterocycles. The van der Waals surface area contributed by atoms with Gasteiger partial charge in [-0.05, 0) is 29.3 Å². The van der Waals surface area contributed by atoms with Crippen molar-refractivity contribution in [3.8, 4) is 0 Å². The molecule has 0 aliphatic rings. The van der Waals surface area contributed by atoms with Crippen molar-refractivity contribution < 1.29 is 8.42 Å². The van der Waals surface area contributed by atoms with Gasteiger partial charge in [0.2, 0.25) is 10.0 Å². The Hall–Kier alpha value is -2.09. The monoisotopic (exact) mass is 380 g/mol. The number of guanidine groups is 1. The number of nitrogens with zero attached hydrogens (tertiary/aromatic N) is 2. The van der Waals surface area contributed by atoms with Crippen molar-refractivity contribution in [1.82, 2.24) is 10.2 Å². The number of nitrogens with one attached hydrogen (secondary N) is 1. The SMILES string of the molecule is CN=C(NCc1cccc(S(N)(=O)=O)c1)N(C)Cc1ccccc1Cl. The highest BCUT2D eigenvalue weighted by Crippen LogP contribution is 2.16. The number of primary sulfonamides is 1. The van der Waals surface area contributed by atoms with Crippen LogP contribution in [0.2, 0.25) is 5.02 Å². The van der Waals surface area contributed by atoms with Crippen LogP contribution in [0.4, 0.5) is 0 Å². The normalized spacial score (nSPS) is 12.1. The molecule has 2 aromatic rings. The van der Waals surface area contributed by atoms with Crippen LogP contribution in [0.15, 0.2) is 58.4 Å². The maximum absolute atomic E-state index is 11.4. The van der Waals surface area contributed by atoms with Crippen LogP contribution in [-0.2, 0) is 23.1 Å². The smallest absolute Gasteiger partial charge is 0.238 e. The molecular formula is C17H21ClN4O2S. The van der Waals surface area contributed by atoms with Crippen LogP contribution in [0.5, 0.6) is 0 Å². The number of sulfonamides is 1. The summed E-state index contributed by atoms with van der Waals surface area (Å²) < 4.78 is 22.9. The van der Waals surface area contributed by atoms with Crippen molar-refractivity contribution in [2.45, 2.75) is 18.0 Å². The zero-order valence-corrected chi connectivity index (χ0v) is 15.7. The standard InChI is InChI=1S/C17H21ClN4O2S/c1-20-17(22(2)12-14-7-3-4-9-16(14)18)21-11-13-6-5-8-15(10-13)25(19,23)24/h3-10H,11-12H2,1-2H3,(H,20,21)(H2,19,23,24). The minimum absolute atomic E-state index is 0.0891. The molecule has 3 N–H and O–H groups in total. The first-order valence-electron chi connectivity index (χ1n) is 7.58. The molecular weight excluding hydrogens is 360 g/mol. The number of rotatable bonds is 5. The second-order valence-corrected chi connectivity index (χ2v) is 7.51. The Morgan fingerprint density at radius 3 is 2.60 bits per heavy atom. The van der Waals surface area contributed by atoms with Crippen LogP contribution < -0.4 is 10.5 Å². The minimum atomic E-state index is -3.71. The zero-order valence-electron chi connectivity index (χ0n) is 14.1. The van der Waals surface area contributed by atoms with E-state index in [2.05, 4.69) is 10.3 Å². The summed E-state index contributed by atoms with van der Waals surface area (Å²) in [5.74, 6) is 0.668. The zero-order chi connectivity index (χ0) is 18.4. The number of hydrogen-bond donors (Lipinski definition) is 2. The van der Waals surface area contributed by atoms with Gasteiger partial charge in [0.15, 0.2) is 5.96 Å². The van der Waals surface area contributed by atoms with E-state index in [1.807, 2.05) is 42.3 Å². The summed E-state index contributed by atoms with van der Waals surface area (Å²) in [7, 11) is -0.125. The summed E-state index contributed by atoms with van der Waals surface area (Å²) in [4.78, 5) is 6.27. The number of halogens is 1. The number of nitrogens with two attached hydrogens (primary N) is 1. The molecule has 134 valence electrons. The van der Waals surface area contributed by atoms with Gasteiger partial charge in [0.05, 0.1) is 4.90 Å². The first-order valence-corrected chi connectivity index (χ1v) is 9.50. The van der Waals surface area contributed by atoms with Gasteiger partial charge in [-0.2, -0.15) is 0 Å². The summed E-state index contributed by atoms with van der Waals surface area (Å²) in [6, 6.07) is 14.1. The number of hydrogen-bond acceptors (Lipinski definition) is 3. The maximum atomic E-state index is 11.4. The van der Waals surface area contributed by atoms with Gasteiger partial charge in [-0.25, -0.2) is 13.6 Å². The average Bonchev–Trinajstić information content (AvgIpc) is 2.57. The van der Waals surface area contributed by atoms with E-state index in [1.165, 1.54) is 6.07 Å². The van der Waals surface area contributed by atoms with E-state index in [-0.39, 0.29) is 4.90 Å². The molecule has 0 spiro atoms. The van der Waals surface area contributed by atoms with E-state index >= 15 is 0 Å². The average molecular weight is 381 g/mol. The maximum Gasteiger partial charge on any atom is 0.238 e. The van der Waals surface area contributed by atoms with E-state index in [0.29, 0.717) is 24.1 Å². The van der Waals surface area contributed by atoms with Gasteiger partial charge in [-0.3, -0.25) is 4.99 Å². The molecule has 8 heteroatoms. The summed E-state index contributed by atoms with van der Waals surface area (Å²) in [5, 5.41) is 9.06. The lowest BCUT2D eigenvalue weighted by atomic mass is 10.2. The molecule has 0 amide bonds. The summed E-state index contributed by atoms with van der Waals surface area (Å²) >= 11 is 6.19. The quantitative estimate of drug-likeness (QED) is 0.614. The summed E-state index contributed by atoms with van der Waals surface area (Å²) in [6.07, 6.45) is 0. The lowest BCUT2D eigenvalue weighted by Gasteiger charge is -2.22. The molecule has 0 unspecified atom stereocenters. The van der Waals surface area contributed by atoms with Crippen LogP contribution in [0.25, 0.3) is 0 Å². The van der Waals surface area contributed by atoms with Crippen molar-refractivity contribution in [3.05, 3.63) is 64.7 Å². The lowest BCUT2D eigenvalue weighted by molar-refractivity contribution is 0.476. The van der Waals surface area contributed by atoms with Crippen molar-refractivity contribution in [2.24, 2.45) is 10.1 Å². The first kappa shape index (κ1) is 19.2. The molecule has 0 aliphatic heterocycles. The minimum Gasteiger partial charge on any atom is -0.352 e. The Balaban J connectivity index is 2.04. The molecule has 0 saturated carbocycles. The third kappa shape index (κ3) is 5.45. The fraction of sp³-hybridized carbons (Fsp3) is 0.235. The third-order valence-electron chi connectivity index (χ3n) is 3.62. The van der Waals surface area contributed by atoms with Gasteiger partial charge in [0, 0.05) is 32.2 Å². The van der Waals surface area contributed by atoms with Gasteiger partial charge in [0.1, 0.15) is 0 Å². The van der Waals surface area contributed by atoms with E-state index in [1.54, 1.807) is 19.2 Å². The Bertz CT molecular complexity index is 868. The highest BCUT2D eigenvalue weighted by molar-refractivity contribution is 7.89. The molecule has 6 nitrogen and oxygen atoms in total. The van der Waals surface area contributed by atoms with Crippen LogP contribution in [0, 0.1) is 0 Å². The van der Waals surface area contributed by atoms with Crippen molar-refractivity contribution in [1.29, 1.82) is 0 Å². The molecule has 0 fully saturated rings. The largest absolute Gasteiger partial charge is 0.352 e. The highest BCUT2D eigenvalue weighted by atomic mass is 35.5. The van der Waals surface area contributed by atoms with E-state index < -0.39 is 10.0 Å². The molecule has 0 aliphatic carbocycles. The van der Waals surface area contributed by atoms with Crippen molar-refractivity contribution in [2.75, 3.05) is 14.1 Å². The molecule has 0 heterocycles. The fourth-order valence-corrected chi connectivity index (χ4v) is 3.13. The Kier molecular flexibility index (Phi) is 6.41. The van der Waals surface area contributed by atoms with Gasteiger partial charge in [-0.1, -0.05) is 41.9 Å². The lowest BCUT2D eigenvalue weighted by Crippen LogP contribution is -2.38. The topological polar surface area (TPSA) is 87.8 Å². The molecule has 2 rings (SSSR count). The van der Waals surface area contributed by atoms with Crippen LogP contribution in [-0.4, -0.2) is 33.4 Å². The molecule has 0 bridgehead atoms. The Labute approximate surface area is 153 Å². The summed E-state index contributed by atoms with van der Waals surface area (Å²) in [5.41, 5.74) is 1.78. The van der Waals surface area contributed by atoms with Gasteiger partial charge in [0.25, 0.3) is 0 Å². The molecule has 0 saturated heterocycles. The number of benzene rings is 2. The Morgan fingerprint density at radius 1 is 1.24 bits per heavy atom. The predicted molar refractivity (Wildman–Crippen MR) is 101 cm³/mol. The second kappa shape index (κ2) is 8.33. The van der Waals surface area contributed by atoms with E-state index in [0.717, 1.165) is 11.1 Å². The summed E-state index contributed by atoms with van der Waals surface area (Å²) in [6.45, 7) is 1.01. The third-order valence-corrected chi connectivity index (χ3v) is 4.90. The van der Waals surface area contributed by atoms with Crippen LogP contribution in [0.3, 0.4) is 0 Å². The Morgan fingerprint density at radius 2 is 1.96 bits per heavy atom. The molecule has 0 radical (unpaired) electrons. The van der Waals surface area contributed by atoms with Crippen LogP contribution in [0.1, 0.15) is 11.1 Å². The van der Waals surface area contributed by atoms with Gasteiger partial charge < -0.3 is 10.2 Å².